The third kappa shape index (κ3) is 7.41. The zero-order valence-corrected chi connectivity index (χ0v) is 29.9. The fraction of sp³-hybridized carbons (Fsp3) is 0.474. The van der Waals surface area contributed by atoms with Crippen LogP contribution in [0.3, 0.4) is 0 Å². The van der Waals surface area contributed by atoms with Crippen LogP contribution in [0.15, 0.2) is 48.5 Å². The van der Waals surface area contributed by atoms with Gasteiger partial charge in [0.05, 0.1) is 28.8 Å². The molecule has 0 bridgehead atoms. The Balaban J connectivity index is 1.72. The van der Waals surface area contributed by atoms with Gasteiger partial charge in [0.2, 0.25) is 5.91 Å². The van der Waals surface area contributed by atoms with Crippen LogP contribution in [0.5, 0.6) is 11.5 Å². The monoisotopic (exact) mass is 714 g/mol. The van der Waals surface area contributed by atoms with Crippen molar-refractivity contribution in [2.24, 2.45) is 5.73 Å². The third-order valence-corrected chi connectivity index (χ3v) is 9.89. The number of rotatable bonds is 9. The summed E-state index contributed by atoms with van der Waals surface area (Å²) < 4.78 is 50.5. The maximum Gasteiger partial charge on any atom is 0.410 e. The Morgan fingerprint density at radius 2 is 1.76 bits per heavy atom. The second kappa shape index (κ2) is 14.0. The van der Waals surface area contributed by atoms with Crippen molar-refractivity contribution in [1.29, 1.82) is 0 Å². The highest BCUT2D eigenvalue weighted by molar-refractivity contribution is 6.34. The van der Waals surface area contributed by atoms with Crippen molar-refractivity contribution in [3.63, 3.8) is 0 Å². The fourth-order valence-corrected chi connectivity index (χ4v) is 7.22. The van der Waals surface area contributed by atoms with Crippen molar-refractivity contribution >= 4 is 23.6 Å². The number of benzene rings is 3. The van der Waals surface area contributed by atoms with E-state index in [0.29, 0.717) is 36.8 Å². The van der Waals surface area contributed by atoms with Crippen molar-refractivity contribution in [2.75, 3.05) is 13.2 Å². The summed E-state index contributed by atoms with van der Waals surface area (Å²) in [5.74, 6) is -3.93. The second-order valence-electron chi connectivity index (χ2n) is 14.7. The number of nitrogens with two attached hydrogens (primary N) is 1. The molecule has 1 saturated carbocycles. The molecule has 0 spiro atoms. The molecule has 270 valence electrons. The minimum Gasteiger partial charge on any atom is -0.488 e. The average Bonchev–Trinajstić information content (AvgIpc) is 3.30. The highest BCUT2D eigenvalue weighted by Crippen LogP contribution is 2.57. The van der Waals surface area contributed by atoms with Crippen LogP contribution >= 0.6 is 11.6 Å². The van der Waals surface area contributed by atoms with E-state index in [1.807, 2.05) is 37.3 Å². The quantitative estimate of drug-likeness (QED) is 0.210. The molecule has 0 radical (unpaired) electrons. The zero-order chi connectivity index (χ0) is 36.8. The molecule has 12 heteroatoms. The first kappa shape index (κ1) is 37.3. The second-order valence-corrected chi connectivity index (χ2v) is 15.1. The minimum atomic E-state index is -1.38. The van der Waals surface area contributed by atoms with Gasteiger partial charge in [-0.25, -0.2) is 13.6 Å². The minimum absolute atomic E-state index is 0.0408. The lowest BCUT2D eigenvalue weighted by Gasteiger charge is -2.44. The third-order valence-electron chi connectivity index (χ3n) is 9.52. The Morgan fingerprint density at radius 1 is 1.12 bits per heavy atom. The molecule has 0 unspecified atom stereocenters. The molecule has 2 aliphatic rings. The van der Waals surface area contributed by atoms with E-state index in [1.165, 1.54) is 19.1 Å². The van der Waals surface area contributed by atoms with Gasteiger partial charge in [0.25, 0.3) is 0 Å². The molecular weight excluding hydrogens is 670 g/mol. The van der Waals surface area contributed by atoms with E-state index in [4.69, 9.17) is 31.5 Å². The number of amides is 2. The number of aliphatic hydroxyl groups excluding tert-OH is 1. The standard InChI is InChI=1S/C38H45ClF2N2O7/c1-21(44)19-48-27-13-12-25(34(42)45)30(33(27)41)31-29-22(2)38(23-10-8-7-9-11-23,49-28(29)18-26(40)32(31)39)20-43(35(46)50-36(3,4)5)24-14-16-37(6,47)17-15-24/h7-13,18,21-22,24,44,47H,14-17,19-20H2,1-6H3,(H2,42,45)/t21-,22-,24?,37?,38-/m0/s1. The van der Waals surface area contributed by atoms with Gasteiger partial charge >= 0.3 is 6.09 Å². The summed E-state index contributed by atoms with van der Waals surface area (Å²) in [6.07, 6.45) is 0.394. The SMILES string of the molecule is C[C@H](O)COc1ccc(C(N)=O)c(-c2c(Cl)c(F)cc3c2[C@H](C)[C@@](CN(C(=O)OC(C)(C)C)C2CCC(C)(O)CC2)(c2ccccc2)O3)c1F. The summed E-state index contributed by atoms with van der Waals surface area (Å²) in [5, 5.41) is 20.0. The molecule has 1 heterocycles. The van der Waals surface area contributed by atoms with Crippen LogP contribution < -0.4 is 15.2 Å². The summed E-state index contributed by atoms with van der Waals surface area (Å²) in [5.41, 5.74) is 2.80. The van der Waals surface area contributed by atoms with Crippen LogP contribution in [-0.4, -0.2) is 63.6 Å². The van der Waals surface area contributed by atoms with E-state index in [9.17, 15) is 19.8 Å². The molecule has 1 fully saturated rings. The van der Waals surface area contributed by atoms with Crippen molar-refractivity contribution < 1.29 is 42.8 Å². The molecule has 3 aromatic rings. The van der Waals surface area contributed by atoms with Crippen LogP contribution in [-0.2, 0) is 10.3 Å². The molecule has 1 aliphatic carbocycles. The van der Waals surface area contributed by atoms with Crippen LogP contribution in [0.1, 0.15) is 94.6 Å². The van der Waals surface area contributed by atoms with Gasteiger partial charge in [-0.2, -0.15) is 0 Å². The van der Waals surface area contributed by atoms with Crippen molar-refractivity contribution in [3.05, 3.63) is 81.9 Å². The summed E-state index contributed by atoms with van der Waals surface area (Å²) in [6, 6.07) is 12.4. The first-order valence-electron chi connectivity index (χ1n) is 16.8. The molecule has 0 saturated heterocycles. The number of nitrogens with zero attached hydrogens (tertiary/aromatic N) is 1. The molecule has 4 N–H and O–H groups in total. The average molecular weight is 715 g/mol. The summed E-state index contributed by atoms with van der Waals surface area (Å²) in [6.45, 7) is 10.0. The predicted octanol–water partition coefficient (Wildman–Crippen LogP) is 7.47. The van der Waals surface area contributed by atoms with Crippen LogP contribution in [0.4, 0.5) is 13.6 Å². The number of carbonyl (C=O) groups is 2. The van der Waals surface area contributed by atoms with Crippen LogP contribution in [0, 0.1) is 11.6 Å². The smallest absolute Gasteiger partial charge is 0.410 e. The molecule has 50 heavy (non-hydrogen) atoms. The number of aliphatic hydroxyl groups is 2. The maximum atomic E-state index is 16.5. The van der Waals surface area contributed by atoms with E-state index >= 15 is 8.78 Å². The van der Waals surface area contributed by atoms with E-state index in [0.717, 1.165) is 6.07 Å². The Kier molecular flexibility index (Phi) is 10.5. The first-order valence-corrected chi connectivity index (χ1v) is 17.1. The van der Waals surface area contributed by atoms with Gasteiger partial charge in [-0.05, 0) is 78.0 Å². The number of ether oxygens (including phenoxy) is 3. The van der Waals surface area contributed by atoms with Gasteiger partial charge in [0.15, 0.2) is 17.2 Å². The van der Waals surface area contributed by atoms with Crippen LogP contribution in [0.2, 0.25) is 5.02 Å². The fourth-order valence-electron chi connectivity index (χ4n) is 6.96. The van der Waals surface area contributed by atoms with E-state index < -0.39 is 57.5 Å². The first-order chi connectivity index (χ1) is 23.3. The molecule has 2 amide bonds. The van der Waals surface area contributed by atoms with Gasteiger partial charge in [0.1, 0.15) is 23.8 Å². The number of carbonyl (C=O) groups excluding carboxylic acids is 2. The zero-order valence-electron chi connectivity index (χ0n) is 29.2. The highest BCUT2D eigenvalue weighted by Gasteiger charge is 2.53. The van der Waals surface area contributed by atoms with E-state index in [1.54, 1.807) is 32.6 Å². The Bertz CT molecular complexity index is 1750. The number of fused-ring (bicyclic) bond motifs is 1. The normalized spacial score (nSPS) is 23.8. The lowest BCUT2D eigenvalue weighted by atomic mass is 9.76. The Morgan fingerprint density at radius 3 is 2.34 bits per heavy atom. The van der Waals surface area contributed by atoms with Crippen molar-refractivity contribution in [2.45, 2.75) is 102 Å². The number of hydrogen-bond donors (Lipinski definition) is 3. The summed E-state index contributed by atoms with van der Waals surface area (Å²) >= 11 is 6.68. The van der Waals surface area contributed by atoms with Gasteiger partial charge in [-0.15, -0.1) is 0 Å². The molecule has 0 aromatic heterocycles. The molecule has 3 aromatic carbocycles. The van der Waals surface area contributed by atoms with Gasteiger partial charge in [-0.1, -0.05) is 48.9 Å². The molecular formula is C38H45ClF2N2O7. The summed E-state index contributed by atoms with van der Waals surface area (Å²) in [4.78, 5) is 28.4. The lowest BCUT2D eigenvalue weighted by Crippen LogP contribution is -2.54. The van der Waals surface area contributed by atoms with Crippen molar-refractivity contribution in [3.8, 4) is 22.6 Å². The number of primary amides is 1. The van der Waals surface area contributed by atoms with Crippen LogP contribution in [0.25, 0.3) is 11.1 Å². The Labute approximate surface area is 296 Å². The molecule has 3 atom stereocenters. The molecule has 9 nitrogen and oxygen atoms in total. The molecule has 1 aliphatic heterocycles. The van der Waals surface area contributed by atoms with Gasteiger partial charge in [-0.3, -0.25) is 4.79 Å². The highest BCUT2D eigenvalue weighted by atomic mass is 35.5. The maximum absolute atomic E-state index is 16.5. The van der Waals surface area contributed by atoms with E-state index in [2.05, 4.69) is 0 Å². The number of halogens is 3. The largest absolute Gasteiger partial charge is 0.488 e. The number of hydrogen-bond acceptors (Lipinski definition) is 7. The molecule has 5 rings (SSSR count). The summed E-state index contributed by atoms with van der Waals surface area (Å²) in [7, 11) is 0. The van der Waals surface area contributed by atoms with Crippen molar-refractivity contribution in [1.82, 2.24) is 4.90 Å². The van der Waals surface area contributed by atoms with Gasteiger partial charge < -0.3 is 35.1 Å². The predicted molar refractivity (Wildman–Crippen MR) is 185 cm³/mol. The van der Waals surface area contributed by atoms with Gasteiger partial charge in [0, 0.05) is 34.7 Å². The van der Waals surface area contributed by atoms with E-state index in [-0.39, 0.29) is 47.4 Å². The Hall–Kier alpha value is -3.93. The topological polar surface area (TPSA) is 132 Å². The lowest BCUT2D eigenvalue weighted by molar-refractivity contribution is -0.0437.